The Morgan fingerprint density at radius 2 is 1.93 bits per heavy atom. The van der Waals surface area contributed by atoms with Crippen LogP contribution in [0.1, 0.15) is 19.4 Å². The van der Waals surface area contributed by atoms with Crippen molar-refractivity contribution >= 4 is 10.9 Å². The Morgan fingerprint density at radius 3 is 2.67 bits per heavy atom. The summed E-state index contributed by atoms with van der Waals surface area (Å²) in [7, 11) is 0. The number of fused-ring (bicyclic) bond motifs is 1. The number of ether oxygens (including phenoxy) is 2. The van der Waals surface area contributed by atoms with Gasteiger partial charge in [-0.05, 0) is 55.8 Å². The Morgan fingerprint density at radius 1 is 1.11 bits per heavy atom. The van der Waals surface area contributed by atoms with Crippen LogP contribution in [0.15, 0.2) is 48.7 Å². The molecule has 144 valence electrons. The number of benzene rings is 2. The Kier molecular flexibility index (Phi) is 4.18. The van der Waals surface area contributed by atoms with E-state index in [0.29, 0.717) is 23.7 Å². The molecule has 3 aromatic rings. The number of halogens is 2. The maximum Gasteiger partial charge on any atom is 0.387 e. The maximum absolute atomic E-state index is 12.3. The topological polar surface area (TPSA) is 37.5 Å². The molecule has 3 rings (SSSR count). The average molecular weight is 380 g/mol. The molecular formula is C21H24F2N2O2. The van der Waals surface area contributed by atoms with Gasteiger partial charge in [0, 0.05) is 38.3 Å². The molecule has 4 nitrogen and oxygen atoms in total. The molecule has 0 aliphatic rings. The first-order valence-corrected chi connectivity index (χ1v) is 8.48. The number of aromatic nitrogens is 1. The summed E-state index contributed by atoms with van der Waals surface area (Å²) < 4.78 is 79.9. The van der Waals surface area contributed by atoms with Crippen molar-refractivity contribution in [3.8, 4) is 11.5 Å². The van der Waals surface area contributed by atoms with Gasteiger partial charge < -0.3 is 19.4 Å². The van der Waals surface area contributed by atoms with Gasteiger partial charge in [-0.2, -0.15) is 8.78 Å². The van der Waals surface area contributed by atoms with Gasteiger partial charge in [0.05, 0.1) is 6.61 Å². The van der Waals surface area contributed by atoms with Crippen LogP contribution < -0.4 is 9.47 Å². The quantitative estimate of drug-likeness (QED) is 0.594. The van der Waals surface area contributed by atoms with Crippen LogP contribution in [0.2, 0.25) is 0 Å². The summed E-state index contributed by atoms with van der Waals surface area (Å²) in [6.07, 6.45) is 2.44. The Balaban J connectivity index is 1.69. The second-order valence-corrected chi connectivity index (χ2v) is 6.02. The van der Waals surface area contributed by atoms with E-state index in [1.807, 2.05) is 12.1 Å². The SMILES string of the molecule is [2H]C([2H])([2H])N(CCc1c[nH]c2cccc(OCCc3ccc(OC(F)F)cc3)c12)C([2H])([2H])[2H]. The zero-order valence-corrected chi connectivity index (χ0v) is 14.5. The molecule has 1 heterocycles. The largest absolute Gasteiger partial charge is 0.493 e. The first-order chi connectivity index (χ1) is 15.4. The zero-order valence-electron chi connectivity index (χ0n) is 20.5. The van der Waals surface area contributed by atoms with Crippen molar-refractivity contribution in [3.05, 3.63) is 59.8 Å². The van der Waals surface area contributed by atoms with Gasteiger partial charge in [-0.25, -0.2) is 0 Å². The molecule has 1 N–H and O–H groups in total. The van der Waals surface area contributed by atoms with Crippen LogP contribution in [0.3, 0.4) is 0 Å². The van der Waals surface area contributed by atoms with Crippen molar-refractivity contribution in [2.75, 3.05) is 27.1 Å². The minimum Gasteiger partial charge on any atom is -0.493 e. The van der Waals surface area contributed by atoms with E-state index in [-0.39, 0.29) is 18.7 Å². The van der Waals surface area contributed by atoms with E-state index < -0.39 is 20.6 Å². The number of hydrogen-bond donors (Lipinski definition) is 1. The summed E-state index contributed by atoms with van der Waals surface area (Å²) in [5.41, 5.74) is 2.40. The fourth-order valence-electron chi connectivity index (χ4n) is 2.89. The van der Waals surface area contributed by atoms with E-state index in [1.54, 1.807) is 24.4 Å². The van der Waals surface area contributed by atoms with Gasteiger partial charge in [0.25, 0.3) is 0 Å². The molecule has 6 heteroatoms. The van der Waals surface area contributed by atoms with Crippen LogP contribution in [-0.2, 0) is 12.8 Å². The van der Waals surface area contributed by atoms with Crippen molar-refractivity contribution in [1.82, 2.24) is 9.88 Å². The van der Waals surface area contributed by atoms with Gasteiger partial charge in [-0.15, -0.1) is 0 Å². The summed E-state index contributed by atoms with van der Waals surface area (Å²) >= 11 is 0. The number of nitrogens with one attached hydrogen (secondary N) is 1. The summed E-state index contributed by atoms with van der Waals surface area (Å²) in [6.45, 7) is -8.22. The zero-order chi connectivity index (χ0) is 24.2. The molecular weight excluding hydrogens is 350 g/mol. The highest BCUT2D eigenvalue weighted by Crippen LogP contribution is 2.29. The molecule has 0 fully saturated rings. The van der Waals surface area contributed by atoms with Crippen molar-refractivity contribution in [2.24, 2.45) is 0 Å². The van der Waals surface area contributed by atoms with Gasteiger partial charge >= 0.3 is 6.61 Å². The van der Waals surface area contributed by atoms with Crippen LogP contribution >= 0.6 is 0 Å². The van der Waals surface area contributed by atoms with Crippen molar-refractivity contribution < 1.29 is 26.5 Å². The van der Waals surface area contributed by atoms with Crippen molar-refractivity contribution in [3.63, 3.8) is 0 Å². The highest BCUT2D eigenvalue weighted by Gasteiger charge is 2.10. The monoisotopic (exact) mass is 380 g/mol. The lowest BCUT2D eigenvalue weighted by Gasteiger charge is -2.11. The van der Waals surface area contributed by atoms with Gasteiger partial charge in [0.1, 0.15) is 11.5 Å². The number of rotatable bonds is 9. The number of alkyl halides is 2. The van der Waals surface area contributed by atoms with E-state index in [9.17, 15) is 8.78 Å². The lowest BCUT2D eigenvalue weighted by molar-refractivity contribution is -0.0498. The molecule has 0 spiro atoms. The lowest BCUT2D eigenvalue weighted by atomic mass is 10.1. The predicted molar refractivity (Wildman–Crippen MR) is 103 cm³/mol. The molecule has 1 aromatic heterocycles. The summed E-state index contributed by atoms with van der Waals surface area (Å²) in [5, 5.41) is 0.759. The third kappa shape index (κ3) is 5.20. The standard InChI is InChI=1S/C21H24F2N2O2/c1-25(2)12-10-16-14-24-18-4-3-5-19(20(16)18)26-13-11-15-6-8-17(9-7-15)27-21(22)23/h3-9,14,21,24H,10-13H2,1-2H3/i1D3,2D3. The first kappa shape index (κ1) is 12.7. The third-order valence-corrected chi connectivity index (χ3v) is 4.15. The van der Waals surface area contributed by atoms with Gasteiger partial charge in [0.15, 0.2) is 0 Å². The van der Waals surface area contributed by atoms with Crippen LogP contribution in [0.4, 0.5) is 8.78 Å². The van der Waals surface area contributed by atoms with E-state index in [1.165, 1.54) is 12.1 Å². The van der Waals surface area contributed by atoms with Crippen molar-refractivity contribution in [1.29, 1.82) is 0 Å². The highest BCUT2D eigenvalue weighted by atomic mass is 19.3. The number of likely N-dealkylation sites (N-methyl/N-ethyl adjacent to an activating group) is 1. The van der Waals surface area contributed by atoms with E-state index in [0.717, 1.165) is 22.0 Å². The Hall–Kier alpha value is -2.60. The first-order valence-electron chi connectivity index (χ1n) is 11.5. The molecule has 0 bridgehead atoms. The second kappa shape index (κ2) is 8.86. The minimum atomic E-state index is -2.87. The molecule has 2 aromatic carbocycles. The Labute approximate surface area is 166 Å². The molecule has 0 radical (unpaired) electrons. The number of H-pyrrole nitrogens is 1. The van der Waals surface area contributed by atoms with Gasteiger partial charge in [-0.1, -0.05) is 18.2 Å². The fourth-order valence-corrected chi connectivity index (χ4v) is 2.89. The van der Waals surface area contributed by atoms with E-state index in [2.05, 4.69) is 9.72 Å². The fraction of sp³-hybridized carbons (Fsp3) is 0.333. The predicted octanol–water partition coefficient (Wildman–Crippen LogP) is 4.49. The minimum absolute atomic E-state index is 0.0829. The Bertz CT molecular complexity index is 1040. The summed E-state index contributed by atoms with van der Waals surface area (Å²) in [6, 6.07) is 11.7. The number of nitrogens with zero attached hydrogens (tertiary/aromatic N) is 1. The van der Waals surface area contributed by atoms with Gasteiger partial charge in [-0.3, -0.25) is 0 Å². The lowest BCUT2D eigenvalue weighted by Crippen LogP contribution is -2.14. The highest BCUT2D eigenvalue weighted by molar-refractivity contribution is 5.89. The molecule has 0 saturated carbocycles. The van der Waals surface area contributed by atoms with Crippen LogP contribution in [0.25, 0.3) is 10.9 Å². The normalized spacial score (nSPS) is 15.7. The van der Waals surface area contributed by atoms with Gasteiger partial charge in [0.2, 0.25) is 0 Å². The number of aromatic amines is 1. The summed E-state index contributed by atoms with van der Waals surface area (Å²) in [4.78, 5) is 3.64. The molecule has 27 heavy (non-hydrogen) atoms. The third-order valence-electron chi connectivity index (χ3n) is 4.15. The average Bonchev–Trinajstić information content (AvgIpc) is 3.11. The molecule has 0 saturated heterocycles. The van der Waals surface area contributed by atoms with Crippen molar-refractivity contribution in [2.45, 2.75) is 19.5 Å². The van der Waals surface area contributed by atoms with E-state index >= 15 is 0 Å². The van der Waals surface area contributed by atoms with E-state index in [4.69, 9.17) is 13.0 Å². The maximum atomic E-state index is 12.3. The number of hydrogen-bond acceptors (Lipinski definition) is 3. The molecule has 0 amide bonds. The van der Waals surface area contributed by atoms with Crippen LogP contribution in [0, 0.1) is 0 Å². The summed E-state index contributed by atoms with van der Waals surface area (Å²) in [5.74, 6) is 0.662. The molecule has 0 unspecified atom stereocenters. The van der Waals surface area contributed by atoms with Crippen LogP contribution in [0.5, 0.6) is 11.5 Å². The molecule has 0 aliphatic carbocycles. The second-order valence-electron chi connectivity index (χ2n) is 6.02. The smallest absolute Gasteiger partial charge is 0.387 e. The van der Waals surface area contributed by atoms with Crippen LogP contribution in [-0.4, -0.2) is 43.6 Å². The molecule has 0 aliphatic heterocycles. The molecule has 0 atom stereocenters.